The van der Waals surface area contributed by atoms with E-state index in [4.69, 9.17) is 5.73 Å². The van der Waals surface area contributed by atoms with Gasteiger partial charge in [0.05, 0.1) is 6.20 Å². The smallest absolute Gasteiger partial charge is 0.0537 e. The first-order valence-electron chi connectivity index (χ1n) is 6.48. The van der Waals surface area contributed by atoms with Gasteiger partial charge in [-0.15, -0.1) is 0 Å². The highest BCUT2D eigenvalue weighted by atomic mass is 15.2. The van der Waals surface area contributed by atoms with Crippen molar-refractivity contribution < 1.29 is 0 Å². The molecule has 92 valence electrons. The molecule has 0 saturated heterocycles. The maximum atomic E-state index is 6.10. The molecule has 0 aliphatic heterocycles. The van der Waals surface area contributed by atoms with Gasteiger partial charge in [-0.2, -0.15) is 5.10 Å². The van der Waals surface area contributed by atoms with Crippen LogP contribution in [0.1, 0.15) is 63.5 Å². The number of rotatable bonds is 8. The number of hydrogen-bond donors (Lipinski definition) is 1. The minimum Gasteiger partial charge on any atom is -0.324 e. The third kappa shape index (κ3) is 4.79. The van der Waals surface area contributed by atoms with Gasteiger partial charge in [-0.1, -0.05) is 45.4 Å². The predicted molar refractivity (Wildman–Crippen MR) is 68.1 cm³/mol. The van der Waals surface area contributed by atoms with Crippen LogP contribution in [0.4, 0.5) is 0 Å². The van der Waals surface area contributed by atoms with Gasteiger partial charge < -0.3 is 5.73 Å². The Bertz CT molecular complexity index is 280. The van der Waals surface area contributed by atoms with E-state index in [2.05, 4.69) is 12.0 Å². The molecular weight excluding hydrogens is 198 g/mol. The minimum absolute atomic E-state index is 0.167. The molecule has 2 N–H and O–H groups in total. The molecule has 0 bridgehead atoms. The molecule has 0 radical (unpaired) electrons. The zero-order valence-corrected chi connectivity index (χ0v) is 10.7. The molecule has 16 heavy (non-hydrogen) atoms. The molecule has 0 saturated carbocycles. The Morgan fingerprint density at radius 1 is 1.25 bits per heavy atom. The molecule has 0 aliphatic carbocycles. The Kier molecular flexibility index (Phi) is 6.16. The number of aryl methyl sites for hydroxylation is 1. The van der Waals surface area contributed by atoms with E-state index >= 15 is 0 Å². The minimum atomic E-state index is 0.167. The van der Waals surface area contributed by atoms with Gasteiger partial charge in [0.15, 0.2) is 0 Å². The molecule has 3 nitrogen and oxygen atoms in total. The maximum Gasteiger partial charge on any atom is 0.0537 e. The number of nitrogens with zero attached hydrogens (tertiary/aromatic N) is 2. The first-order valence-corrected chi connectivity index (χ1v) is 6.48. The molecule has 0 fully saturated rings. The largest absolute Gasteiger partial charge is 0.324 e. The monoisotopic (exact) mass is 223 g/mol. The molecule has 0 amide bonds. The molecular formula is C13H25N3. The van der Waals surface area contributed by atoms with E-state index in [-0.39, 0.29) is 6.04 Å². The van der Waals surface area contributed by atoms with Crippen LogP contribution in [-0.2, 0) is 7.05 Å². The standard InChI is InChI=1S/C13H25N3/c1-3-4-5-6-7-8-9-13(14)12-10-15-16(2)11-12/h10-11,13H,3-9,14H2,1-2H3. The summed E-state index contributed by atoms with van der Waals surface area (Å²) in [4.78, 5) is 0. The summed E-state index contributed by atoms with van der Waals surface area (Å²) in [6.07, 6.45) is 12.9. The molecule has 1 rings (SSSR count). The van der Waals surface area contributed by atoms with E-state index in [1.165, 1.54) is 38.5 Å². The SMILES string of the molecule is CCCCCCCCC(N)c1cnn(C)c1. The zero-order chi connectivity index (χ0) is 11.8. The van der Waals surface area contributed by atoms with Gasteiger partial charge in [0.25, 0.3) is 0 Å². The first-order chi connectivity index (χ1) is 7.74. The van der Waals surface area contributed by atoms with Crippen LogP contribution < -0.4 is 5.73 Å². The van der Waals surface area contributed by atoms with Gasteiger partial charge in [-0.05, 0) is 6.42 Å². The van der Waals surface area contributed by atoms with Crippen LogP contribution in [-0.4, -0.2) is 9.78 Å². The van der Waals surface area contributed by atoms with Gasteiger partial charge in [-0.3, -0.25) is 4.68 Å². The van der Waals surface area contributed by atoms with Gasteiger partial charge >= 0.3 is 0 Å². The molecule has 0 aromatic carbocycles. The van der Waals surface area contributed by atoms with E-state index in [9.17, 15) is 0 Å². The van der Waals surface area contributed by atoms with Crippen molar-refractivity contribution in [1.82, 2.24) is 9.78 Å². The number of nitrogens with two attached hydrogens (primary N) is 1. The molecule has 1 atom stereocenters. The second-order valence-corrected chi connectivity index (χ2v) is 4.61. The third-order valence-corrected chi connectivity index (χ3v) is 3.02. The fourth-order valence-electron chi connectivity index (χ4n) is 1.94. The highest BCUT2D eigenvalue weighted by Gasteiger charge is 2.07. The van der Waals surface area contributed by atoms with Crippen molar-refractivity contribution in [2.75, 3.05) is 0 Å². The Hall–Kier alpha value is -0.830. The Balaban J connectivity index is 2.09. The van der Waals surface area contributed by atoms with Crippen LogP contribution in [0, 0.1) is 0 Å². The lowest BCUT2D eigenvalue weighted by Crippen LogP contribution is -2.09. The summed E-state index contributed by atoms with van der Waals surface area (Å²) in [5.41, 5.74) is 7.26. The molecule has 1 aromatic heterocycles. The maximum absolute atomic E-state index is 6.10. The van der Waals surface area contributed by atoms with Crippen molar-refractivity contribution in [3.05, 3.63) is 18.0 Å². The fraction of sp³-hybridized carbons (Fsp3) is 0.769. The van der Waals surface area contributed by atoms with Crippen molar-refractivity contribution in [2.24, 2.45) is 12.8 Å². The second-order valence-electron chi connectivity index (χ2n) is 4.61. The molecule has 1 heterocycles. The summed E-state index contributed by atoms with van der Waals surface area (Å²) >= 11 is 0. The van der Waals surface area contributed by atoms with Crippen molar-refractivity contribution >= 4 is 0 Å². The Labute approximate surface area is 99.0 Å². The first kappa shape index (κ1) is 13.2. The zero-order valence-electron chi connectivity index (χ0n) is 10.7. The Morgan fingerprint density at radius 3 is 2.56 bits per heavy atom. The molecule has 1 aromatic rings. The molecule has 0 spiro atoms. The lowest BCUT2D eigenvalue weighted by atomic mass is 10.0. The second kappa shape index (κ2) is 7.44. The van der Waals surface area contributed by atoms with Gasteiger partial charge in [-0.25, -0.2) is 0 Å². The van der Waals surface area contributed by atoms with Gasteiger partial charge in [0, 0.05) is 24.8 Å². The van der Waals surface area contributed by atoms with Crippen molar-refractivity contribution in [1.29, 1.82) is 0 Å². The van der Waals surface area contributed by atoms with Crippen LogP contribution in [0.2, 0.25) is 0 Å². The van der Waals surface area contributed by atoms with Crippen LogP contribution in [0.25, 0.3) is 0 Å². The van der Waals surface area contributed by atoms with Crippen molar-refractivity contribution in [3.8, 4) is 0 Å². The summed E-state index contributed by atoms with van der Waals surface area (Å²) < 4.78 is 1.82. The topological polar surface area (TPSA) is 43.8 Å². The highest BCUT2D eigenvalue weighted by Crippen LogP contribution is 2.17. The van der Waals surface area contributed by atoms with E-state index in [1.54, 1.807) is 0 Å². The summed E-state index contributed by atoms with van der Waals surface area (Å²) in [7, 11) is 1.93. The average molecular weight is 223 g/mol. The lowest BCUT2D eigenvalue weighted by molar-refractivity contribution is 0.547. The van der Waals surface area contributed by atoms with Gasteiger partial charge in [0.2, 0.25) is 0 Å². The molecule has 3 heteroatoms. The van der Waals surface area contributed by atoms with Crippen LogP contribution in [0.5, 0.6) is 0 Å². The van der Waals surface area contributed by atoms with Crippen molar-refractivity contribution in [2.45, 2.75) is 57.9 Å². The van der Waals surface area contributed by atoms with E-state index in [0.717, 1.165) is 12.0 Å². The van der Waals surface area contributed by atoms with E-state index in [0.29, 0.717) is 0 Å². The quantitative estimate of drug-likeness (QED) is 0.688. The van der Waals surface area contributed by atoms with Crippen LogP contribution >= 0.6 is 0 Å². The number of unbranched alkanes of at least 4 members (excludes halogenated alkanes) is 5. The van der Waals surface area contributed by atoms with Crippen molar-refractivity contribution in [3.63, 3.8) is 0 Å². The number of aromatic nitrogens is 2. The lowest BCUT2D eigenvalue weighted by Gasteiger charge is -2.08. The summed E-state index contributed by atoms with van der Waals surface area (Å²) in [6, 6.07) is 0.167. The van der Waals surface area contributed by atoms with Gasteiger partial charge in [0.1, 0.15) is 0 Å². The van der Waals surface area contributed by atoms with E-state index < -0.39 is 0 Å². The summed E-state index contributed by atoms with van der Waals surface area (Å²) in [6.45, 7) is 2.25. The van der Waals surface area contributed by atoms with E-state index in [1.807, 2.05) is 24.1 Å². The third-order valence-electron chi connectivity index (χ3n) is 3.02. The number of hydrogen-bond acceptors (Lipinski definition) is 2. The summed E-state index contributed by atoms with van der Waals surface area (Å²) in [5.74, 6) is 0. The van der Waals surface area contributed by atoms with Crippen LogP contribution in [0.15, 0.2) is 12.4 Å². The normalized spacial score (nSPS) is 12.9. The highest BCUT2D eigenvalue weighted by molar-refractivity contribution is 5.08. The molecule has 0 aliphatic rings. The van der Waals surface area contributed by atoms with Crippen LogP contribution in [0.3, 0.4) is 0 Å². The predicted octanol–water partition coefficient (Wildman–Crippen LogP) is 3.17. The molecule has 1 unspecified atom stereocenters. The summed E-state index contributed by atoms with van der Waals surface area (Å²) in [5, 5.41) is 4.14. The fourth-order valence-corrected chi connectivity index (χ4v) is 1.94. The average Bonchev–Trinajstić information content (AvgIpc) is 2.70. The Morgan fingerprint density at radius 2 is 1.94 bits per heavy atom.